The molecule has 1 atom stereocenters. The minimum Gasteiger partial charge on any atom is -0.448 e. The van der Waals surface area contributed by atoms with E-state index in [1.165, 1.54) is 25.3 Å². The number of aromatic nitrogens is 1. The molecular weight excluding hydrogens is 351 g/mol. The third-order valence-electron chi connectivity index (χ3n) is 2.97. The lowest BCUT2D eigenvalue weighted by atomic mass is 10.2. The fourth-order valence-corrected chi connectivity index (χ4v) is 2.61. The van der Waals surface area contributed by atoms with Gasteiger partial charge in [0, 0.05) is 11.8 Å². The van der Waals surface area contributed by atoms with Crippen LogP contribution in [-0.2, 0) is 4.74 Å². The lowest BCUT2D eigenvalue weighted by Crippen LogP contribution is -2.16. The largest absolute Gasteiger partial charge is 0.448 e. The standard InChI is InChI=1S/C17H16ClFN2O2S/c1-10(22)16(20)17(24-15-8-5-13(18)9-21-15)23-11(2)12-3-6-14(19)7-4-12/h3-10,22H,2,20H2,1H3/b17-16+. The molecule has 1 aromatic carbocycles. The van der Waals surface area contributed by atoms with Gasteiger partial charge in [-0.3, -0.25) is 0 Å². The van der Waals surface area contributed by atoms with Gasteiger partial charge in [-0.15, -0.1) is 0 Å². The number of halogens is 2. The number of aliphatic hydroxyl groups excluding tert-OH is 1. The lowest BCUT2D eigenvalue weighted by Gasteiger charge is -2.16. The molecular formula is C17H16ClFN2O2S. The molecule has 2 aromatic rings. The van der Waals surface area contributed by atoms with E-state index in [1.807, 2.05) is 0 Å². The van der Waals surface area contributed by atoms with Crippen LogP contribution in [0, 0.1) is 5.82 Å². The summed E-state index contributed by atoms with van der Waals surface area (Å²) in [5.41, 5.74) is 6.65. The normalized spacial score (nSPS) is 13.2. The van der Waals surface area contributed by atoms with Gasteiger partial charge in [0.2, 0.25) is 0 Å². The van der Waals surface area contributed by atoms with E-state index in [0.717, 1.165) is 11.8 Å². The van der Waals surface area contributed by atoms with Gasteiger partial charge in [-0.05, 0) is 55.1 Å². The van der Waals surface area contributed by atoms with Crippen molar-refractivity contribution in [3.63, 3.8) is 0 Å². The number of thioether (sulfide) groups is 1. The number of nitrogens with two attached hydrogens (primary N) is 1. The van der Waals surface area contributed by atoms with Gasteiger partial charge in [-0.2, -0.15) is 0 Å². The molecule has 0 aliphatic rings. The van der Waals surface area contributed by atoms with Crippen LogP contribution >= 0.6 is 23.4 Å². The van der Waals surface area contributed by atoms with Crippen molar-refractivity contribution in [1.82, 2.24) is 4.98 Å². The summed E-state index contributed by atoms with van der Waals surface area (Å²) in [4.78, 5) is 4.15. The second-order valence-corrected chi connectivity index (χ2v) is 6.30. The Morgan fingerprint density at radius 3 is 2.54 bits per heavy atom. The molecule has 0 aliphatic heterocycles. The highest BCUT2D eigenvalue weighted by molar-refractivity contribution is 8.02. The van der Waals surface area contributed by atoms with Crippen LogP contribution < -0.4 is 5.73 Å². The van der Waals surface area contributed by atoms with Crippen molar-refractivity contribution < 1.29 is 14.2 Å². The maximum absolute atomic E-state index is 13.0. The van der Waals surface area contributed by atoms with Crippen molar-refractivity contribution in [2.24, 2.45) is 5.73 Å². The van der Waals surface area contributed by atoms with E-state index in [1.54, 1.807) is 24.3 Å². The molecule has 126 valence electrons. The van der Waals surface area contributed by atoms with Crippen molar-refractivity contribution in [1.29, 1.82) is 0 Å². The van der Waals surface area contributed by atoms with E-state index in [9.17, 15) is 9.50 Å². The molecule has 0 spiro atoms. The molecule has 24 heavy (non-hydrogen) atoms. The Labute approximate surface area is 148 Å². The van der Waals surface area contributed by atoms with Gasteiger partial charge in [0.25, 0.3) is 0 Å². The fraction of sp³-hybridized carbons (Fsp3) is 0.118. The number of hydrogen-bond donors (Lipinski definition) is 2. The topological polar surface area (TPSA) is 68.4 Å². The van der Waals surface area contributed by atoms with Crippen molar-refractivity contribution >= 4 is 29.1 Å². The van der Waals surface area contributed by atoms with Crippen LogP contribution in [0.5, 0.6) is 0 Å². The molecule has 0 aliphatic carbocycles. The Kier molecular flexibility index (Phi) is 6.25. The van der Waals surface area contributed by atoms with Gasteiger partial charge < -0.3 is 15.6 Å². The summed E-state index contributed by atoms with van der Waals surface area (Å²) >= 11 is 6.94. The molecule has 0 saturated heterocycles. The predicted octanol–water partition coefficient (Wildman–Crippen LogP) is 4.16. The van der Waals surface area contributed by atoms with Gasteiger partial charge in [-0.1, -0.05) is 18.2 Å². The monoisotopic (exact) mass is 366 g/mol. The van der Waals surface area contributed by atoms with E-state index < -0.39 is 6.10 Å². The van der Waals surface area contributed by atoms with Crippen LogP contribution in [-0.4, -0.2) is 16.2 Å². The van der Waals surface area contributed by atoms with Crippen LogP contribution in [0.25, 0.3) is 5.76 Å². The van der Waals surface area contributed by atoms with Crippen molar-refractivity contribution in [3.8, 4) is 0 Å². The summed E-state index contributed by atoms with van der Waals surface area (Å²) in [5.74, 6) is -0.0828. The molecule has 1 aromatic heterocycles. The Bertz CT molecular complexity index is 746. The molecule has 2 rings (SSSR count). The summed E-state index contributed by atoms with van der Waals surface area (Å²) in [6.07, 6.45) is 0.579. The van der Waals surface area contributed by atoms with Gasteiger partial charge >= 0.3 is 0 Å². The van der Waals surface area contributed by atoms with E-state index in [4.69, 9.17) is 22.1 Å². The first kappa shape index (κ1) is 18.3. The third-order valence-corrected chi connectivity index (χ3v) is 4.14. The summed E-state index contributed by atoms with van der Waals surface area (Å²) < 4.78 is 18.7. The molecule has 0 saturated carbocycles. The molecule has 7 heteroatoms. The summed E-state index contributed by atoms with van der Waals surface area (Å²) in [6, 6.07) is 9.07. The average molecular weight is 367 g/mol. The molecule has 4 nitrogen and oxygen atoms in total. The maximum Gasteiger partial charge on any atom is 0.188 e. The lowest BCUT2D eigenvalue weighted by molar-refractivity contribution is 0.223. The molecule has 1 unspecified atom stereocenters. The number of pyridine rings is 1. The zero-order valence-corrected chi connectivity index (χ0v) is 14.4. The van der Waals surface area contributed by atoms with Crippen molar-refractivity contribution in [2.75, 3.05) is 0 Å². The summed E-state index contributed by atoms with van der Waals surface area (Å²) in [6.45, 7) is 5.34. The molecule has 0 radical (unpaired) electrons. The van der Waals surface area contributed by atoms with E-state index in [-0.39, 0.29) is 22.4 Å². The Hall–Kier alpha value is -2.02. The first-order valence-corrected chi connectivity index (χ1v) is 8.16. The first-order chi connectivity index (χ1) is 11.4. The average Bonchev–Trinajstić information content (AvgIpc) is 2.56. The number of rotatable bonds is 6. The van der Waals surface area contributed by atoms with Gasteiger partial charge in [0.05, 0.1) is 16.8 Å². The second-order valence-electron chi connectivity index (χ2n) is 4.87. The minimum absolute atomic E-state index is 0.139. The van der Waals surface area contributed by atoms with Crippen LogP contribution in [0.2, 0.25) is 5.02 Å². The maximum atomic E-state index is 13.0. The van der Waals surface area contributed by atoms with Crippen LogP contribution in [0.1, 0.15) is 12.5 Å². The molecule has 1 heterocycles. The highest BCUT2D eigenvalue weighted by atomic mass is 35.5. The van der Waals surface area contributed by atoms with Crippen LogP contribution in [0.3, 0.4) is 0 Å². The van der Waals surface area contributed by atoms with Crippen molar-refractivity contribution in [3.05, 3.63) is 76.4 Å². The second kappa shape index (κ2) is 8.19. The summed E-state index contributed by atoms with van der Waals surface area (Å²) in [5, 5.41) is 11.1. The summed E-state index contributed by atoms with van der Waals surface area (Å²) in [7, 11) is 0. The Morgan fingerprint density at radius 2 is 2.00 bits per heavy atom. The van der Waals surface area contributed by atoms with E-state index >= 15 is 0 Å². The minimum atomic E-state index is -0.916. The zero-order chi connectivity index (χ0) is 17.7. The Balaban J connectivity index is 2.23. The third kappa shape index (κ3) is 4.99. The SMILES string of the molecule is C=C(O/C(Sc1ccc(Cl)cn1)=C(\N)C(C)O)c1ccc(F)cc1. The predicted molar refractivity (Wildman–Crippen MR) is 94.5 cm³/mol. The van der Waals surface area contributed by atoms with Gasteiger partial charge in [0.1, 0.15) is 16.6 Å². The number of nitrogens with zero attached hydrogens (tertiary/aromatic N) is 1. The zero-order valence-electron chi connectivity index (χ0n) is 12.9. The number of aliphatic hydroxyl groups is 1. The van der Waals surface area contributed by atoms with Crippen LogP contribution in [0.15, 0.2) is 65.0 Å². The van der Waals surface area contributed by atoms with Crippen molar-refractivity contribution in [2.45, 2.75) is 18.1 Å². The highest BCUT2D eigenvalue weighted by Gasteiger charge is 2.15. The van der Waals surface area contributed by atoms with Crippen LogP contribution in [0.4, 0.5) is 4.39 Å². The smallest absolute Gasteiger partial charge is 0.188 e. The highest BCUT2D eigenvalue weighted by Crippen LogP contribution is 2.32. The molecule has 3 N–H and O–H groups in total. The van der Waals surface area contributed by atoms with Gasteiger partial charge in [0.15, 0.2) is 5.09 Å². The molecule has 0 fully saturated rings. The number of benzene rings is 1. The quantitative estimate of drug-likeness (QED) is 0.593. The first-order valence-electron chi connectivity index (χ1n) is 6.96. The van der Waals surface area contributed by atoms with E-state index in [2.05, 4.69) is 11.6 Å². The fourth-order valence-electron chi connectivity index (χ4n) is 1.63. The molecule has 0 bridgehead atoms. The Morgan fingerprint density at radius 1 is 1.33 bits per heavy atom. The number of hydrogen-bond acceptors (Lipinski definition) is 5. The molecule has 0 amide bonds. The number of ether oxygens (including phenoxy) is 1. The van der Waals surface area contributed by atoms with Gasteiger partial charge in [-0.25, -0.2) is 9.37 Å². The van der Waals surface area contributed by atoms with E-state index in [0.29, 0.717) is 15.6 Å².